The molecule has 0 aromatic heterocycles. The Bertz CT molecular complexity index is 937. The number of anilines is 2. The van der Waals surface area contributed by atoms with Crippen LogP contribution in [0.3, 0.4) is 0 Å². The van der Waals surface area contributed by atoms with E-state index in [2.05, 4.69) is 31.3 Å². The lowest BCUT2D eigenvalue weighted by Gasteiger charge is -2.34. The predicted molar refractivity (Wildman–Crippen MR) is 114 cm³/mol. The van der Waals surface area contributed by atoms with Crippen molar-refractivity contribution in [3.8, 4) is 0 Å². The zero-order valence-electron chi connectivity index (χ0n) is 16.9. The summed E-state index contributed by atoms with van der Waals surface area (Å²) in [5, 5.41) is 12.4. The van der Waals surface area contributed by atoms with Gasteiger partial charge in [-0.3, -0.25) is 14.6 Å². The molecular formula is C23H27N3O3. The topological polar surface area (TPSA) is 72.9 Å². The summed E-state index contributed by atoms with van der Waals surface area (Å²) in [7, 11) is 0. The van der Waals surface area contributed by atoms with Crippen LogP contribution in [0.25, 0.3) is 0 Å². The van der Waals surface area contributed by atoms with E-state index in [1.807, 2.05) is 35.2 Å². The smallest absolute Gasteiger partial charge is 0.329 e. The number of carboxylic acid groups (broad SMARTS) is 1. The average Bonchev–Trinajstić information content (AvgIpc) is 3.07. The molecule has 2 aromatic carbocycles. The minimum atomic E-state index is -0.802. The third kappa shape index (κ3) is 3.85. The van der Waals surface area contributed by atoms with Crippen LogP contribution in [0, 0.1) is 0 Å². The van der Waals surface area contributed by atoms with E-state index >= 15 is 0 Å². The minimum absolute atomic E-state index is 0.0172. The van der Waals surface area contributed by atoms with Gasteiger partial charge in [0, 0.05) is 36.4 Å². The molecule has 6 nitrogen and oxygen atoms in total. The number of carboxylic acids is 1. The Labute approximate surface area is 171 Å². The summed E-state index contributed by atoms with van der Waals surface area (Å²) in [5.41, 5.74) is 5.32. The molecule has 1 fully saturated rings. The molecule has 0 saturated carbocycles. The number of nitrogens with zero attached hydrogens (tertiary/aromatic N) is 2. The second-order valence-corrected chi connectivity index (χ2v) is 8.29. The van der Waals surface area contributed by atoms with Crippen LogP contribution >= 0.6 is 0 Å². The Morgan fingerprint density at radius 1 is 1.07 bits per heavy atom. The van der Waals surface area contributed by atoms with E-state index in [1.165, 1.54) is 11.1 Å². The van der Waals surface area contributed by atoms with E-state index in [4.69, 9.17) is 5.11 Å². The number of urea groups is 1. The molecule has 0 spiro atoms. The van der Waals surface area contributed by atoms with E-state index in [1.54, 1.807) is 4.90 Å². The van der Waals surface area contributed by atoms with Crippen molar-refractivity contribution >= 4 is 23.4 Å². The number of fused-ring (bicyclic) bond motifs is 1. The second kappa shape index (κ2) is 7.52. The van der Waals surface area contributed by atoms with Gasteiger partial charge in [0.05, 0.1) is 0 Å². The highest BCUT2D eigenvalue weighted by atomic mass is 16.4. The molecular weight excluding hydrogens is 366 g/mol. The van der Waals surface area contributed by atoms with Crippen LogP contribution in [-0.4, -0.2) is 36.7 Å². The number of aliphatic carboxylic acids is 1. The van der Waals surface area contributed by atoms with Crippen molar-refractivity contribution in [1.29, 1.82) is 0 Å². The van der Waals surface area contributed by atoms with E-state index in [0.29, 0.717) is 19.5 Å². The molecule has 2 aromatic rings. The molecule has 1 saturated heterocycles. The number of carbonyl (C=O) groups excluding carboxylic acids is 1. The minimum Gasteiger partial charge on any atom is -0.481 e. The lowest BCUT2D eigenvalue weighted by molar-refractivity contribution is -0.136. The molecule has 2 N–H and O–H groups in total. The standard InChI is InChI=1S/C23H27N3O3/c1-23(2)20-9-8-19(15-17(20)11-12-24-23)26-14-13-25(22(26)29)18-6-3-16(4-7-18)5-10-21(27)28/h3-4,6-9,15,24H,5,10-14H2,1-2H3,(H,27,28). The molecule has 0 aliphatic carbocycles. The van der Waals surface area contributed by atoms with E-state index < -0.39 is 5.97 Å². The van der Waals surface area contributed by atoms with Gasteiger partial charge >= 0.3 is 12.0 Å². The highest BCUT2D eigenvalue weighted by Crippen LogP contribution is 2.33. The Kier molecular flexibility index (Phi) is 5.04. The first-order valence-corrected chi connectivity index (χ1v) is 10.1. The maximum atomic E-state index is 13.1. The maximum absolute atomic E-state index is 13.1. The lowest BCUT2D eigenvalue weighted by Crippen LogP contribution is -2.42. The van der Waals surface area contributed by atoms with Gasteiger partial charge in [0.2, 0.25) is 0 Å². The van der Waals surface area contributed by atoms with Gasteiger partial charge in [-0.05, 0) is 74.2 Å². The van der Waals surface area contributed by atoms with Crippen molar-refractivity contribution in [2.24, 2.45) is 0 Å². The number of hydrogen-bond acceptors (Lipinski definition) is 3. The molecule has 2 aliphatic heterocycles. The number of amides is 2. The zero-order chi connectivity index (χ0) is 20.6. The van der Waals surface area contributed by atoms with Crippen molar-refractivity contribution in [2.75, 3.05) is 29.4 Å². The van der Waals surface area contributed by atoms with Crippen LogP contribution in [0.15, 0.2) is 42.5 Å². The van der Waals surface area contributed by atoms with E-state index in [9.17, 15) is 9.59 Å². The molecule has 2 aliphatic rings. The largest absolute Gasteiger partial charge is 0.481 e. The summed E-state index contributed by atoms with van der Waals surface area (Å²) in [6.07, 6.45) is 1.58. The summed E-state index contributed by atoms with van der Waals surface area (Å²) in [4.78, 5) is 27.4. The number of carbonyl (C=O) groups is 2. The molecule has 152 valence electrons. The van der Waals surface area contributed by atoms with Crippen LogP contribution in [-0.2, 0) is 23.2 Å². The molecule has 2 heterocycles. The normalized spacial score (nSPS) is 18.1. The molecule has 4 rings (SSSR count). The van der Waals surface area contributed by atoms with Crippen molar-refractivity contribution in [3.05, 3.63) is 59.2 Å². The monoisotopic (exact) mass is 393 g/mol. The summed E-state index contributed by atoms with van der Waals surface area (Å²) in [5.74, 6) is -0.802. The van der Waals surface area contributed by atoms with Gasteiger partial charge in [-0.1, -0.05) is 18.2 Å². The molecule has 2 amide bonds. The van der Waals surface area contributed by atoms with Crippen molar-refractivity contribution in [2.45, 2.75) is 38.6 Å². The quantitative estimate of drug-likeness (QED) is 0.815. The molecule has 29 heavy (non-hydrogen) atoms. The Morgan fingerprint density at radius 2 is 1.72 bits per heavy atom. The van der Waals surface area contributed by atoms with Crippen LogP contribution in [0.4, 0.5) is 16.2 Å². The number of nitrogens with one attached hydrogen (secondary N) is 1. The predicted octanol–water partition coefficient (Wildman–Crippen LogP) is 3.53. The summed E-state index contributed by atoms with van der Waals surface area (Å²) in [6, 6.07) is 13.9. The molecule has 0 atom stereocenters. The van der Waals surface area contributed by atoms with Crippen LogP contribution in [0.1, 0.15) is 37.0 Å². The SMILES string of the molecule is CC1(C)NCCc2cc(N3CCN(c4ccc(CCC(=O)O)cc4)C3=O)ccc21. The fourth-order valence-electron chi connectivity index (χ4n) is 4.28. The van der Waals surface area contributed by atoms with Crippen molar-refractivity contribution in [3.63, 3.8) is 0 Å². The first-order chi connectivity index (χ1) is 13.8. The number of aryl methyl sites for hydroxylation is 1. The van der Waals surface area contributed by atoms with Crippen LogP contribution in [0.5, 0.6) is 0 Å². The van der Waals surface area contributed by atoms with Gasteiger partial charge in [0.25, 0.3) is 0 Å². The zero-order valence-corrected chi connectivity index (χ0v) is 16.9. The molecule has 0 bridgehead atoms. The summed E-state index contributed by atoms with van der Waals surface area (Å²) >= 11 is 0. The van der Waals surface area contributed by atoms with Crippen LogP contribution in [0.2, 0.25) is 0 Å². The Balaban J connectivity index is 1.50. The van der Waals surface area contributed by atoms with Gasteiger partial charge in [-0.15, -0.1) is 0 Å². The van der Waals surface area contributed by atoms with Gasteiger partial charge in [-0.2, -0.15) is 0 Å². The van der Waals surface area contributed by atoms with Gasteiger partial charge in [-0.25, -0.2) is 4.79 Å². The summed E-state index contributed by atoms with van der Waals surface area (Å²) in [6.45, 7) is 6.61. The first kappa shape index (κ1) is 19.5. The Hall–Kier alpha value is -2.86. The highest BCUT2D eigenvalue weighted by Gasteiger charge is 2.32. The van der Waals surface area contributed by atoms with Crippen molar-refractivity contribution < 1.29 is 14.7 Å². The van der Waals surface area contributed by atoms with Gasteiger partial charge in [0.1, 0.15) is 0 Å². The second-order valence-electron chi connectivity index (χ2n) is 8.29. The summed E-state index contributed by atoms with van der Waals surface area (Å²) < 4.78 is 0. The number of benzene rings is 2. The van der Waals surface area contributed by atoms with Crippen molar-refractivity contribution in [1.82, 2.24) is 5.32 Å². The maximum Gasteiger partial charge on any atom is 0.329 e. The number of hydrogen-bond donors (Lipinski definition) is 2. The Morgan fingerprint density at radius 3 is 2.41 bits per heavy atom. The molecule has 0 radical (unpaired) electrons. The van der Waals surface area contributed by atoms with Gasteiger partial charge < -0.3 is 10.4 Å². The lowest BCUT2D eigenvalue weighted by atomic mass is 9.85. The molecule has 0 unspecified atom stereocenters. The molecule has 6 heteroatoms. The number of rotatable bonds is 5. The fraction of sp³-hybridized carbons (Fsp3) is 0.391. The fourth-order valence-corrected chi connectivity index (χ4v) is 4.28. The third-order valence-electron chi connectivity index (χ3n) is 5.92. The van der Waals surface area contributed by atoms with E-state index in [-0.39, 0.29) is 18.0 Å². The highest BCUT2D eigenvalue weighted by molar-refractivity contribution is 6.06. The third-order valence-corrected chi connectivity index (χ3v) is 5.92. The van der Waals surface area contributed by atoms with Crippen LogP contribution < -0.4 is 15.1 Å². The van der Waals surface area contributed by atoms with E-state index in [0.717, 1.165) is 29.9 Å². The van der Waals surface area contributed by atoms with Gasteiger partial charge in [0.15, 0.2) is 0 Å². The first-order valence-electron chi connectivity index (χ1n) is 10.1. The average molecular weight is 393 g/mol.